The Morgan fingerprint density at radius 3 is 2.11 bits per heavy atom. The summed E-state index contributed by atoms with van der Waals surface area (Å²) in [5.74, 6) is 0.277. The van der Waals surface area contributed by atoms with Gasteiger partial charge in [-0.25, -0.2) is 8.42 Å². The SMILES string of the molecule is CC(Br)CCS(C)(=O)=O. The Kier molecular flexibility index (Phi) is 3.73. The van der Waals surface area contributed by atoms with Crippen molar-refractivity contribution in [3.05, 3.63) is 0 Å². The molecule has 0 saturated heterocycles. The maximum absolute atomic E-state index is 10.5. The zero-order chi connectivity index (χ0) is 7.49. The first-order valence-electron chi connectivity index (χ1n) is 2.73. The van der Waals surface area contributed by atoms with Crippen LogP contribution in [0.3, 0.4) is 0 Å². The summed E-state index contributed by atoms with van der Waals surface area (Å²) in [6.07, 6.45) is 1.95. The van der Waals surface area contributed by atoms with Crippen LogP contribution >= 0.6 is 15.9 Å². The van der Waals surface area contributed by atoms with Gasteiger partial charge in [-0.3, -0.25) is 0 Å². The van der Waals surface area contributed by atoms with Crippen LogP contribution in [0.15, 0.2) is 0 Å². The van der Waals surface area contributed by atoms with Crippen LogP contribution in [0.4, 0.5) is 0 Å². The monoisotopic (exact) mass is 214 g/mol. The summed E-state index contributed by atoms with van der Waals surface area (Å²) in [4.78, 5) is 0.298. The minimum absolute atomic E-state index is 0.277. The normalized spacial score (nSPS) is 15.4. The zero-order valence-corrected chi connectivity index (χ0v) is 8.00. The highest BCUT2D eigenvalue weighted by Crippen LogP contribution is 2.04. The van der Waals surface area contributed by atoms with Gasteiger partial charge in [-0.15, -0.1) is 0 Å². The second kappa shape index (κ2) is 3.56. The lowest BCUT2D eigenvalue weighted by atomic mass is 10.4. The lowest BCUT2D eigenvalue weighted by Crippen LogP contribution is -2.06. The summed E-state index contributed by atoms with van der Waals surface area (Å²) in [6.45, 7) is 1.94. The van der Waals surface area contributed by atoms with Crippen molar-refractivity contribution in [3.8, 4) is 0 Å². The average molecular weight is 215 g/mol. The molecule has 4 heteroatoms. The molecule has 0 aromatic rings. The minimum atomic E-state index is -2.75. The van der Waals surface area contributed by atoms with Crippen molar-refractivity contribution in [3.63, 3.8) is 0 Å². The predicted molar refractivity (Wildman–Crippen MR) is 42.7 cm³/mol. The van der Waals surface area contributed by atoms with E-state index in [1.54, 1.807) is 0 Å². The summed E-state index contributed by atoms with van der Waals surface area (Å²) in [6, 6.07) is 0. The molecule has 0 heterocycles. The molecule has 1 atom stereocenters. The molecule has 56 valence electrons. The Hall–Kier alpha value is 0.430. The summed E-state index contributed by atoms with van der Waals surface area (Å²) in [5, 5.41) is 0. The molecule has 0 aliphatic rings. The number of rotatable bonds is 3. The van der Waals surface area contributed by atoms with Crippen molar-refractivity contribution in [1.82, 2.24) is 0 Å². The van der Waals surface area contributed by atoms with E-state index in [0.717, 1.165) is 0 Å². The van der Waals surface area contributed by atoms with Gasteiger partial charge in [0.25, 0.3) is 0 Å². The zero-order valence-electron chi connectivity index (χ0n) is 5.59. The van der Waals surface area contributed by atoms with Crippen molar-refractivity contribution in [1.29, 1.82) is 0 Å². The highest BCUT2D eigenvalue weighted by Gasteiger charge is 2.03. The highest BCUT2D eigenvalue weighted by molar-refractivity contribution is 9.09. The van der Waals surface area contributed by atoms with Crippen LogP contribution in [0.5, 0.6) is 0 Å². The van der Waals surface area contributed by atoms with E-state index >= 15 is 0 Å². The maximum atomic E-state index is 10.5. The Bertz CT molecular complexity index is 160. The Morgan fingerprint density at radius 1 is 1.56 bits per heavy atom. The second-order valence-electron chi connectivity index (χ2n) is 2.20. The van der Waals surface area contributed by atoms with Gasteiger partial charge in [0.05, 0.1) is 5.75 Å². The van der Waals surface area contributed by atoms with Gasteiger partial charge < -0.3 is 0 Å². The van der Waals surface area contributed by atoms with E-state index in [1.807, 2.05) is 6.92 Å². The van der Waals surface area contributed by atoms with Crippen LogP contribution < -0.4 is 0 Å². The molecule has 0 aromatic carbocycles. The third-order valence-electron chi connectivity index (χ3n) is 0.886. The van der Waals surface area contributed by atoms with E-state index in [9.17, 15) is 8.42 Å². The summed E-state index contributed by atoms with van der Waals surface area (Å²) in [5.41, 5.74) is 0. The van der Waals surface area contributed by atoms with Crippen molar-refractivity contribution in [2.24, 2.45) is 0 Å². The fourth-order valence-electron chi connectivity index (χ4n) is 0.376. The summed E-state index contributed by atoms with van der Waals surface area (Å²) >= 11 is 3.26. The van der Waals surface area contributed by atoms with Crippen LogP contribution in [0, 0.1) is 0 Å². The fourth-order valence-corrected chi connectivity index (χ4v) is 1.69. The molecule has 0 N–H and O–H groups in total. The van der Waals surface area contributed by atoms with Crippen molar-refractivity contribution in [2.45, 2.75) is 18.2 Å². The van der Waals surface area contributed by atoms with Crippen LogP contribution in [0.25, 0.3) is 0 Å². The Labute approximate surface area is 64.7 Å². The number of alkyl halides is 1. The van der Waals surface area contributed by atoms with Crippen LogP contribution in [-0.4, -0.2) is 25.3 Å². The maximum Gasteiger partial charge on any atom is 0.147 e. The van der Waals surface area contributed by atoms with Gasteiger partial charge in [-0.05, 0) is 6.42 Å². The average Bonchev–Trinajstić information content (AvgIpc) is 1.59. The van der Waals surface area contributed by atoms with Crippen molar-refractivity contribution < 1.29 is 8.42 Å². The van der Waals surface area contributed by atoms with E-state index in [-0.39, 0.29) is 5.75 Å². The van der Waals surface area contributed by atoms with Gasteiger partial charge in [0, 0.05) is 11.1 Å². The first-order valence-corrected chi connectivity index (χ1v) is 5.71. The van der Waals surface area contributed by atoms with E-state index in [1.165, 1.54) is 6.26 Å². The van der Waals surface area contributed by atoms with Crippen molar-refractivity contribution >= 4 is 25.8 Å². The van der Waals surface area contributed by atoms with Gasteiger partial charge in [-0.2, -0.15) is 0 Å². The molecule has 1 unspecified atom stereocenters. The third kappa shape index (κ3) is 8.43. The largest absolute Gasteiger partial charge is 0.229 e. The first-order chi connectivity index (χ1) is 3.92. The van der Waals surface area contributed by atoms with Gasteiger partial charge in [0.2, 0.25) is 0 Å². The van der Waals surface area contributed by atoms with E-state index in [0.29, 0.717) is 11.2 Å². The van der Waals surface area contributed by atoms with Gasteiger partial charge >= 0.3 is 0 Å². The Balaban J connectivity index is 3.53. The predicted octanol–water partition coefficient (Wildman–Crippen LogP) is 1.20. The van der Waals surface area contributed by atoms with E-state index < -0.39 is 9.84 Å². The minimum Gasteiger partial charge on any atom is -0.229 e. The summed E-state index contributed by atoms with van der Waals surface area (Å²) in [7, 11) is -2.75. The molecule has 0 rings (SSSR count). The molecule has 0 saturated carbocycles. The van der Waals surface area contributed by atoms with Gasteiger partial charge in [-0.1, -0.05) is 22.9 Å². The van der Waals surface area contributed by atoms with Gasteiger partial charge in [0.1, 0.15) is 9.84 Å². The standard InChI is InChI=1S/C5H11BrO2S/c1-5(6)3-4-9(2,7)8/h5H,3-4H2,1-2H3. The lowest BCUT2D eigenvalue weighted by molar-refractivity contribution is 0.599. The molecule has 9 heavy (non-hydrogen) atoms. The molecule has 0 bridgehead atoms. The quantitative estimate of drug-likeness (QED) is 0.663. The van der Waals surface area contributed by atoms with Crippen LogP contribution in [0.2, 0.25) is 0 Å². The number of halogens is 1. The molecule has 0 fully saturated rings. The van der Waals surface area contributed by atoms with Crippen LogP contribution in [0.1, 0.15) is 13.3 Å². The smallest absolute Gasteiger partial charge is 0.147 e. The highest BCUT2D eigenvalue weighted by atomic mass is 79.9. The molecule has 0 aliphatic carbocycles. The molecular weight excluding hydrogens is 204 g/mol. The fraction of sp³-hybridized carbons (Fsp3) is 1.00. The topological polar surface area (TPSA) is 34.1 Å². The Morgan fingerprint density at radius 2 is 2.00 bits per heavy atom. The van der Waals surface area contributed by atoms with E-state index in [2.05, 4.69) is 15.9 Å². The number of hydrogen-bond donors (Lipinski definition) is 0. The molecular formula is C5H11BrO2S. The summed E-state index contributed by atoms with van der Waals surface area (Å²) < 4.78 is 21.0. The molecule has 0 amide bonds. The lowest BCUT2D eigenvalue weighted by Gasteiger charge is -1.98. The van der Waals surface area contributed by atoms with Gasteiger partial charge in [0.15, 0.2) is 0 Å². The molecule has 0 radical (unpaired) electrons. The first kappa shape index (κ1) is 9.43. The van der Waals surface area contributed by atoms with E-state index in [4.69, 9.17) is 0 Å². The van der Waals surface area contributed by atoms with Crippen molar-refractivity contribution in [2.75, 3.05) is 12.0 Å². The molecule has 0 spiro atoms. The number of sulfone groups is 1. The van der Waals surface area contributed by atoms with Crippen LogP contribution in [-0.2, 0) is 9.84 Å². The molecule has 0 aromatic heterocycles. The molecule has 2 nitrogen and oxygen atoms in total. The number of hydrogen-bond acceptors (Lipinski definition) is 2. The third-order valence-corrected chi connectivity index (χ3v) is 2.32. The second-order valence-corrected chi connectivity index (χ2v) is 6.02. The molecule has 0 aliphatic heterocycles.